The first-order chi connectivity index (χ1) is 12.7. The number of benzene rings is 2. The fraction of sp³-hybridized carbons (Fsp3) is 0.211. The number of hydrogen-bond acceptors (Lipinski definition) is 6. The van der Waals surface area contributed by atoms with E-state index in [1.54, 1.807) is 0 Å². The van der Waals surface area contributed by atoms with Crippen molar-refractivity contribution in [3.05, 3.63) is 64.5 Å². The van der Waals surface area contributed by atoms with Crippen LogP contribution in [-0.2, 0) is 22.6 Å². The van der Waals surface area contributed by atoms with E-state index in [0.29, 0.717) is 18.9 Å². The maximum atomic E-state index is 12.3. The molecule has 1 aliphatic rings. The molecule has 0 bridgehead atoms. The van der Waals surface area contributed by atoms with Crippen molar-refractivity contribution in [1.82, 2.24) is 10.1 Å². The highest BCUT2D eigenvalue weighted by Crippen LogP contribution is 2.27. The van der Waals surface area contributed by atoms with E-state index in [1.807, 2.05) is 48.5 Å². The van der Waals surface area contributed by atoms with Crippen LogP contribution in [0, 0.1) is 5.92 Å². The second-order valence-corrected chi connectivity index (χ2v) is 6.87. The fourth-order valence-corrected chi connectivity index (χ4v) is 3.19. The minimum absolute atomic E-state index is 0.0576. The van der Waals surface area contributed by atoms with Gasteiger partial charge in [-0.05, 0) is 30.2 Å². The summed E-state index contributed by atoms with van der Waals surface area (Å²) in [5, 5.41) is 3.92. The predicted octanol–water partition coefficient (Wildman–Crippen LogP) is 3.79. The Bertz CT molecular complexity index is 941. The van der Waals surface area contributed by atoms with Crippen molar-refractivity contribution >= 4 is 21.9 Å². The fourth-order valence-electron chi connectivity index (χ4n) is 2.79. The predicted molar refractivity (Wildman–Crippen MR) is 96.4 cm³/mol. The van der Waals surface area contributed by atoms with Gasteiger partial charge in [0.2, 0.25) is 5.82 Å². The SMILES string of the molecule is O=C(OCc1nc(-c2cccc(Br)c2)no1)C1COc2ccccc2C1. The van der Waals surface area contributed by atoms with E-state index in [2.05, 4.69) is 26.1 Å². The molecule has 3 aromatic rings. The van der Waals surface area contributed by atoms with E-state index >= 15 is 0 Å². The van der Waals surface area contributed by atoms with Crippen molar-refractivity contribution in [3.63, 3.8) is 0 Å². The van der Waals surface area contributed by atoms with Crippen LogP contribution < -0.4 is 4.74 Å². The normalized spacial score (nSPS) is 15.8. The van der Waals surface area contributed by atoms with Gasteiger partial charge in [-0.1, -0.05) is 51.4 Å². The number of hydrogen-bond donors (Lipinski definition) is 0. The molecule has 0 aliphatic carbocycles. The van der Waals surface area contributed by atoms with Crippen molar-refractivity contribution < 1.29 is 18.8 Å². The molecule has 7 heteroatoms. The molecule has 1 atom stereocenters. The number of carbonyl (C=O) groups is 1. The van der Waals surface area contributed by atoms with Crippen LogP contribution in [0.25, 0.3) is 11.4 Å². The third kappa shape index (κ3) is 3.62. The first-order valence-electron chi connectivity index (χ1n) is 8.15. The zero-order chi connectivity index (χ0) is 17.9. The third-order valence-corrected chi connectivity index (χ3v) is 4.59. The third-order valence-electron chi connectivity index (χ3n) is 4.10. The van der Waals surface area contributed by atoms with Gasteiger partial charge in [0.25, 0.3) is 5.89 Å². The van der Waals surface area contributed by atoms with Crippen LogP contribution in [0.5, 0.6) is 5.75 Å². The van der Waals surface area contributed by atoms with Crippen LogP contribution in [0.2, 0.25) is 0 Å². The highest BCUT2D eigenvalue weighted by molar-refractivity contribution is 9.10. The molecule has 0 N–H and O–H groups in total. The quantitative estimate of drug-likeness (QED) is 0.604. The lowest BCUT2D eigenvalue weighted by molar-refractivity contribution is -0.152. The number of halogens is 1. The minimum atomic E-state index is -0.336. The molecule has 2 heterocycles. The van der Waals surface area contributed by atoms with Gasteiger partial charge in [-0.2, -0.15) is 4.98 Å². The Kier molecular flexibility index (Phi) is 4.71. The molecule has 1 aromatic heterocycles. The smallest absolute Gasteiger partial charge is 0.313 e. The molecule has 132 valence electrons. The molecular weight excluding hydrogens is 400 g/mol. The summed E-state index contributed by atoms with van der Waals surface area (Å²) in [7, 11) is 0. The summed E-state index contributed by atoms with van der Waals surface area (Å²) < 4.78 is 17.0. The van der Waals surface area contributed by atoms with E-state index in [1.165, 1.54) is 0 Å². The number of esters is 1. The average molecular weight is 415 g/mol. The van der Waals surface area contributed by atoms with Crippen LogP contribution in [0.15, 0.2) is 57.5 Å². The second kappa shape index (κ2) is 7.29. The number of nitrogens with zero attached hydrogens (tertiary/aromatic N) is 2. The number of rotatable bonds is 4. The molecule has 0 spiro atoms. The molecular formula is C19H15BrN2O4. The van der Waals surface area contributed by atoms with Crippen molar-refractivity contribution in [2.75, 3.05) is 6.61 Å². The van der Waals surface area contributed by atoms with Crippen LogP contribution in [-0.4, -0.2) is 22.7 Å². The van der Waals surface area contributed by atoms with Crippen molar-refractivity contribution in [3.8, 4) is 17.1 Å². The lowest BCUT2D eigenvalue weighted by Gasteiger charge is -2.23. The van der Waals surface area contributed by atoms with Gasteiger partial charge in [0.1, 0.15) is 12.4 Å². The molecule has 1 unspecified atom stereocenters. The van der Waals surface area contributed by atoms with Crippen LogP contribution in [0.4, 0.5) is 0 Å². The van der Waals surface area contributed by atoms with E-state index in [0.717, 1.165) is 21.3 Å². The van der Waals surface area contributed by atoms with E-state index < -0.39 is 0 Å². The molecule has 0 saturated heterocycles. The number of carbonyl (C=O) groups excluding carboxylic acids is 1. The Morgan fingerprint density at radius 3 is 3.00 bits per heavy atom. The number of fused-ring (bicyclic) bond motifs is 1. The molecule has 2 aromatic carbocycles. The second-order valence-electron chi connectivity index (χ2n) is 5.95. The lowest BCUT2D eigenvalue weighted by Crippen LogP contribution is -2.29. The Hall–Kier alpha value is -2.67. The molecule has 26 heavy (non-hydrogen) atoms. The summed E-state index contributed by atoms with van der Waals surface area (Å²) in [4.78, 5) is 16.6. The van der Waals surface area contributed by atoms with E-state index in [9.17, 15) is 4.79 Å². The highest BCUT2D eigenvalue weighted by Gasteiger charge is 2.27. The van der Waals surface area contributed by atoms with Gasteiger partial charge in [0.05, 0.1) is 5.92 Å². The molecule has 4 rings (SSSR count). The summed E-state index contributed by atoms with van der Waals surface area (Å²) >= 11 is 3.40. The van der Waals surface area contributed by atoms with Crippen molar-refractivity contribution in [2.45, 2.75) is 13.0 Å². The van der Waals surface area contributed by atoms with E-state index in [4.69, 9.17) is 14.0 Å². The Balaban J connectivity index is 1.37. The molecule has 0 fully saturated rings. The number of para-hydroxylation sites is 1. The van der Waals surface area contributed by atoms with Gasteiger partial charge >= 0.3 is 5.97 Å². The van der Waals surface area contributed by atoms with Crippen molar-refractivity contribution in [1.29, 1.82) is 0 Å². The van der Waals surface area contributed by atoms with Gasteiger partial charge in [-0.15, -0.1) is 0 Å². The van der Waals surface area contributed by atoms with Crippen LogP contribution in [0.1, 0.15) is 11.5 Å². The Morgan fingerprint density at radius 1 is 1.23 bits per heavy atom. The lowest BCUT2D eigenvalue weighted by atomic mass is 9.97. The van der Waals surface area contributed by atoms with Gasteiger partial charge in [0.15, 0.2) is 6.61 Å². The van der Waals surface area contributed by atoms with Crippen molar-refractivity contribution in [2.24, 2.45) is 5.92 Å². The Morgan fingerprint density at radius 2 is 2.12 bits per heavy atom. The van der Waals surface area contributed by atoms with Gasteiger partial charge in [-0.25, -0.2) is 0 Å². The monoisotopic (exact) mass is 414 g/mol. The summed E-state index contributed by atoms with van der Waals surface area (Å²) in [6.07, 6.45) is 0.599. The summed E-state index contributed by atoms with van der Waals surface area (Å²) in [6.45, 7) is 0.251. The van der Waals surface area contributed by atoms with Gasteiger partial charge in [-0.3, -0.25) is 4.79 Å². The first kappa shape index (κ1) is 16.8. The van der Waals surface area contributed by atoms with E-state index in [-0.39, 0.29) is 24.4 Å². The van der Waals surface area contributed by atoms with Gasteiger partial charge < -0.3 is 14.0 Å². The number of ether oxygens (including phenoxy) is 2. The maximum absolute atomic E-state index is 12.3. The first-order valence-corrected chi connectivity index (χ1v) is 8.94. The zero-order valence-corrected chi connectivity index (χ0v) is 15.3. The maximum Gasteiger partial charge on any atom is 0.313 e. The molecule has 1 aliphatic heterocycles. The average Bonchev–Trinajstić information content (AvgIpc) is 3.15. The number of aromatic nitrogens is 2. The molecule has 0 amide bonds. The summed E-state index contributed by atoms with van der Waals surface area (Å²) in [5.41, 5.74) is 1.83. The standard InChI is InChI=1S/C19H15BrN2O4/c20-15-6-3-5-13(9-15)18-21-17(26-22-18)11-25-19(23)14-8-12-4-1-2-7-16(12)24-10-14/h1-7,9,14H,8,10-11H2. The Labute approximate surface area is 158 Å². The molecule has 0 saturated carbocycles. The summed E-state index contributed by atoms with van der Waals surface area (Å²) in [6, 6.07) is 15.3. The molecule has 6 nitrogen and oxygen atoms in total. The highest BCUT2D eigenvalue weighted by atomic mass is 79.9. The minimum Gasteiger partial charge on any atom is -0.492 e. The summed E-state index contributed by atoms with van der Waals surface area (Å²) in [5.74, 6) is 0.865. The molecule has 0 radical (unpaired) electrons. The van der Waals surface area contributed by atoms with Crippen LogP contribution in [0.3, 0.4) is 0 Å². The van der Waals surface area contributed by atoms with Crippen LogP contribution >= 0.6 is 15.9 Å². The topological polar surface area (TPSA) is 74.5 Å². The van der Waals surface area contributed by atoms with Gasteiger partial charge in [0, 0.05) is 10.0 Å². The zero-order valence-electron chi connectivity index (χ0n) is 13.7. The largest absolute Gasteiger partial charge is 0.492 e.